The van der Waals surface area contributed by atoms with Crippen molar-refractivity contribution in [3.63, 3.8) is 0 Å². The highest BCUT2D eigenvalue weighted by molar-refractivity contribution is 5.76. The zero-order valence-corrected chi connectivity index (χ0v) is 13.5. The second-order valence-electron chi connectivity index (χ2n) is 5.49. The average Bonchev–Trinajstić information content (AvgIpc) is 2.60. The molecule has 3 rings (SSSR count). The number of fused-ring (bicyclic) bond motifs is 1. The molecule has 0 spiro atoms. The molecular formula is C18H19N3O2. The Balaban J connectivity index is 2.57. The van der Waals surface area contributed by atoms with Crippen molar-refractivity contribution < 1.29 is 0 Å². The third-order valence-electron chi connectivity index (χ3n) is 4.20. The summed E-state index contributed by atoms with van der Waals surface area (Å²) in [7, 11) is 1.51. The fraction of sp³-hybridized carbons (Fsp3) is 0.278. The van der Waals surface area contributed by atoms with Crippen molar-refractivity contribution in [1.29, 1.82) is 0 Å². The van der Waals surface area contributed by atoms with Gasteiger partial charge in [0.05, 0.1) is 11.1 Å². The van der Waals surface area contributed by atoms with Gasteiger partial charge in [0.15, 0.2) is 5.65 Å². The Morgan fingerprint density at radius 1 is 1.00 bits per heavy atom. The van der Waals surface area contributed by atoms with Crippen molar-refractivity contribution in [2.45, 2.75) is 26.7 Å². The summed E-state index contributed by atoms with van der Waals surface area (Å²) in [6.07, 6.45) is 3.21. The van der Waals surface area contributed by atoms with Crippen LogP contribution in [0.2, 0.25) is 0 Å². The number of pyridine rings is 1. The molecule has 1 aromatic carbocycles. The van der Waals surface area contributed by atoms with E-state index in [1.165, 1.54) is 7.05 Å². The fourth-order valence-corrected chi connectivity index (χ4v) is 2.95. The van der Waals surface area contributed by atoms with Crippen molar-refractivity contribution in [1.82, 2.24) is 14.1 Å². The molecule has 0 saturated carbocycles. The standard InChI is InChI=1S/C18H19N3O2/c1-4-12-8-6-9-13(5-2)15(12)21-16-14(10-7-11-19-16)17(22)20(3)18(21)23/h6-11H,4-5H2,1-3H3. The van der Waals surface area contributed by atoms with Gasteiger partial charge in [-0.25, -0.2) is 14.3 Å². The Morgan fingerprint density at radius 2 is 1.65 bits per heavy atom. The summed E-state index contributed by atoms with van der Waals surface area (Å²) in [6, 6.07) is 9.46. The maximum Gasteiger partial charge on any atom is 0.337 e. The number of nitrogens with zero attached hydrogens (tertiary/aromatic N) is 3. The third kappa shape index (κ3) is 2.29. The smallest absolute Gasteiger partial charge is 0.268 e. The summed E-state index contributed by atoms with van der Waals surface area (Å²) in [6.45, 7) is 4.11. The molecule has 0 aliphatic rings. The number of benzene rings is 1. The van der Waals surface area contributed by atoms with Gasteiger partial charge in [0.1, 0.15) is 0 Å². The molecule has 0 bridgehead atoms. The molecule has 3 aromatic rings. The predicted octanol–water partition coefficient (Wildman–Crippen LogP) is 2.21. The van der Waals surface area contributed by atoms with Gasteiger partial charge in [0, 0.05) is 13.2 Å². The van der Waals surface area contributed by atoms with E-state index in [4.69, 9.17) is 0 Å². The molecule has 0 fully saturated rings. The predicted molar refractivity (Wildman–Crippen MR) is 91.3 cm³/mol. The van der Waals surface area contributed by atoms with Gasteiger partial charge >= 0.3 is 5.69 Å². The summed E-state index contributed by atoms with van der Waals surface area (Å²) in [4.78, 5) is 29.5. The zero-order chi connectivity index (χ0) is 16.6. The monoisotopic (exact) mass is 309 g/mol. The largest absolute Gasteiger partial charge is 0.337 e. The van der Waals surface area contributed by atoms with Crippen LogP contribution in [0, 0.1) is 0 Å². The maximum atomic E-state index is 12.8. The van der Waals surface area contributed by atoms with E-state index in [9.17, 15) is 9.59 Å². The number of para-hydroxylation sites is 1. The molecule has 118 valence electrons. The molecule has 0 aliphatic heterocycles. The SMILES string of the molecule is CCc1cccc(CC)c1-n1c(=O)n(C)c(=O)c2cccnc21. The normalized spacial score (nSPS) is 11.1. The van der Waals surface area contributed by atoms with Gasteiger partial charge in [-0.1, -0.05) is 32.0 Å². The summed E-state index contributed by atoms with van der Waals surface area (Å²) < 4.78 is 2.73. The molecule has 0 saturated heterocycles. The zero-order valence-electron chi connectivity index (χ0n) is 13.5. The average molecular weight is 309 g/mol. The minimum Gasteiger partial charge on any atom is -0.268 e. The van der Waals surface area contributed by atoms with Crippen LogP contribution >= 0.6 is 0 Å². The lowest BCUT2D eigenvalue weighted by atomic mass is 10.0. The Kier molecular flexibility index (Phi) is 3.86. The van der Waals surface area contributed by atoms with Crippen LogP contribution in [0.15, 0.2) is 46.1 Å². The first kappa shape index (κ1) is 15.2. The first-order valence-electron chi connectivity index (χ1n) is 7.78. The van der Waals surface area contributed by atoms with Crippen LogP contribution in [0.25, 0.3) is 16.7 Å². The second kappa shape index (κ2) is 5.83. The van der Waals surface area contributed by atoms with E-state index in [1.807, 2.05) is 18.2 Å². The van der Waals surface area contributed by atoms with Crippen LogP contribution in [0.1, 0.15) is 25.0 Å². The van der Waals surface area contributed by atoms with Crippen LogP contribution in [-0.4, -0.2) is 14.1 Å². The second-order valence-corrected chi connectivity index (χ2v) is 5.49. The fourth-order valence-electron chi connectivity index (χ4n) is 2.95. The first-order chi connectivity index (χ1) is 11.1. The summed E-state index contributed by atoms with van der Waals surface area (Å²) in [5.41, 5.74) is 2.71. The number of hydrogen-bond acceptors (Lipinski definition) is 3. The van der Waals surface area contributed by atoms with Gasteiger partial charge in [0.25, 0.3) is 5.56 Å². The van der Waals surface area contributed by atoms with Crippen molar-refractivity contribution >= 4 is 11.0 Å². The molecule has 0 unspecified atom stereocenters. The lowest BCUT2D eigenvalue weighted by Gasteiger charge is -2.17. The topological polar surface area (TPSA) is 56.9 Å². The van der Waals surface area contributed by atoms with E-state index in [0.717, 1.165) is 34.2 Å². The summed E-state index contributed by atoms with van der Waals surface area (Å²) in [5.74, 6) is 0. The molecule has 0 radical (unpaired) electrons. The molecular weight excluding hydrogens is 290 g/mol. The van der Waals surface area contributed by atoms with Gasteiger partial charge in [0.2, 0.25) is 0 Å². The highest BCUT2D eigenvalue weighted by atomic mass is 16.2. The van der Waals surface area contributed by atoms with Crippen molar-refractivity contribution in [3.8, 4) is 5.69 Å². The lowest BCUT2D eigenvalue weighted by molar-refractivity contribution is 0.741. The van der Waals surface area contributed by atoms with Gasteiger partial charge in [-0.15, -0.1) is 0 Å². The van der Waals surface area contributed by atoms with E-state index in [0.29, 0.717) is 11.0 Å². The van der Waals surface area contributed by atoms with Gasteiger partial charge in [-0.2, -0.15) is 0 Å². The maximum absolute atomic E-state index is 12.8. The third-order valence-corrected chi connectivity index (χ3v) is 4.20. The molecule has 0 atom stereocenters. The van der Waals surface area contributed by atoms with Gasteiger partial charge in [-0.05, 0) is 36.1 Å². The molecule has 5 heteroatoms. The van der Waals surface area contributed by atoms with E-state index in [2.05, 4.69) is 18.8 Å². The number of rotatable bonds is 3. The molecule has 2 aromatic heterocycles. The van der Waals surface area contributed by atoms with E-state index in [-0.39, 0.29) is 11.2 Å². The molecule has 23 heavy (non-hydrogen) atoms. The minimum atomic E-state index is -0.364. The van der Waals surface area contributed by atoms with E-state index >= 15 is 0 Å². The van der Waals surface area contributed by atoms with Gasteiger partial charge < -0.3 is 0 Å². The molecule has 0 amide bonds. The highest BCUT2D eigenvalue weighted by Gasteiger charge is 2.17. The lowest BCUT2D eigenvalue weighted by Crippen LogP contribution is -2.38. The van der Waals surface area contributed by atoms with Crippen LogP contribution in [0.5, 0.6) is 0 Å². The quantitative estimate of drug-likeness (QED) is 0.745. The molecule has 5 nitrogen and oxygen atoms in total. The first-order valence-corrected chi connectivity index (χ1v) is 7.78. The number of aromatic nitrogens is 3. The van der Waals surface area contributed by atoms with Crippen LogP contribution in [0.4, 0.5) is 0 Å². The van der Waals surface area contributed by atoms with E-state index < -0.39 is 0 Å². The minimum absolute atomic E-state index is 0.318. The van der Waals surface area contributed by atoms with Gasteiger partial charge in [-0.3, -0.25) is 9.36 Å². The molecule has 2 heterocycles. The Hall–Kier alpha value is -2.69. The van der Waals surface area contributed by atoms with Crippen LogP contribution < -0.4 is 11.2 Å². The Morgan fingerprint density at radius 3 is 2.26 bits per heavy atom. The van der Waals surface area contributed by atoms with Crippen molar-refractivity contribution in [2.24, 2.45) is 7.05 Å². The van der Waals surface area contributed by atoms with Crippen LogP contribution in [0.3, 0.4) is 0 Å². The Labute approximate surface area is 133 Å². The molecule has 0 aliphatic carbocycles. The Bertz CT molecular complexity index is 977. The summed E-state index contributed by atoms with van der Waals surface area (Å²) >= 11 is 0. The molecule has 0 N–H and O–H groups in total. The van der Waals surface area contributed by atoms with Crippen molar-refractivity contribution in [3.05, 3.63) is 68.5 Å². The number of hydrogen-bond donors (Lipinski definition) is 0. The number of aryl methyl sites for hydroxylation is 2. The van der Waals surface area contributed by atoms with E-state index in [1.54, 1.807) is 22.9 Å². The highest BCUT2D eigenvalue weighted by Crippen LogP contribution is 2.22. The van der Waals surface area contributed by atoms with Crippen LogP contribution in [-0.2, 0) is 19.9 Å². The van der Waals surface area contributed by atoms with Crippen molar-refractivity contribution in [2.75, 3.05) is 0 Å². The summed E-state index contributed by atoms with van der Waals surface area (Å²) in [5, 5.41) is 0.447.